The number of phenols is 1. The first-order valence-electron chi connectivity index (χ1n) is 15.0. The van der Waals surface area contributed by atoms with Gasteiger partial charge in [0.2, 0.25) is 0 Å². The SMILES string of the molecule is O=P(O)(O)c1ccc(-c2ccc([C@@H]3[C@H](CC[C@H](O)c4ccc(F)cc4)CC(=S)N3c3ccc(-c4ccccc4)cc3)c(O)c2)cc1. The van der Waals surface area contributed by atoms with E-state index in [1.807, 2.05) is 42.5 Å². The number of aliphatic hydroxyl groups is 1. The highest BCUT2D eigenvalue weighted by Gasteiger charge is 2.40. The van der Waals surface area contributed by atoms with Crippen LogP contribution in [0.5, 0.6) is 5.75 Å². The first kappa shape index (κ1) is 31.8. The number of aliphatic hydroxyl groups excluding tert-OH is 1. The van der Waals surface area contributed by atoms with E-state index in [0.717, 1.165) is 21.8 Å². The third kappa shape index (κ3) is 6.82. The molecule has 5 aromatic rings. The smallest absolute Gasteiger partial charge is 0.356 e. The topological polar surface area (TPSA) is 101 Å². The molecule has 0 unspecified atom stereocenters. The number of hydrogen-bond acceptors (Lipinski definition) is 4. The molecule has 0 radical (unpaired) electrons. The quantitative estimate of drug-likeness (QED) is 0.0943. The van der Waals surface area contributed by atoms with Gasteiger partial charge in [-0.15, -0.1) is 0 Å². The van der Waals surface area contributed by atoms with Gasteiger partial charge in [0, 0.05) is 17.7 Å². The zero-order valence-corrected chi connectivity index (χ0v) is 26.5. The molecule has 46 heavy (non-hydrogen) atoms. The number of anilines is 1. The number of benzene rings is 5. The Balaban J connectivity index is 1.32. The van der Waals surface area contributed by atoms with E-state index in [0.29, 0.717) is 41.5 Å². The number of rotatable bonds is 9. The molecule has 0 amide bonds. The standard InChI is InChI=1S/C37H33FNO5PS/c38-30-14-6-27(7-15-30)34(40)21-13-29-23-36(46)39(31-16-8-25(9-17-31)24-4-2-1-3-5-24)37(29)33-20-12-28(22-35(33)41)26-10-18-32(19-11-26)45(42,43)44/h1-12,14-20,22,29,34,37,40-41H,13,21,23H2,(H2,42,43,44)/t29-,34+,37+/m1/s1. The summed E-state index contributed by atoms with van der Waals surface area (Å²) in [6.07, 6.45) is 0.844. The van der Waals surface area contributed by atoms with Crippen molar-refractivity contribution in [1.82, 2.24) is 0 Å². The van der Waals surface area contributed by atoms with Gasteiger partial charge in [-0.25, -0.2) is 4.39 Å². The van der Waals surface area contributed by atoms with Crippen LogP contribution in [0.25, 0.3) is 22.3 Å². The Morgan fingerprint density at radius 3 is 2.02 bits per heavy atom. The van der Waals surface area contributed by atoms with Crippen molar-refractivity contribution in [3.63, 3.8) is 0 Å². The van der Waals surface area contributed by atoms with Crippen molar-refractivity contribution in [2.75, 3.05) is 4.90 Å². The zero-order chi connectivity index (χ0) is 32.4. The molecule has 1 fully saturated rings. The fourth-order valence-electron chi connectivity index (χ4n) is 6.25. The van der Waals surface area contributed by atoms with Crippen molar-refractivity contribution in [1.29, 1.82) is 0 Å². The van der Waals surface area contributed by atoms with Crippen molar-refractivity contribution in [2.24, 2.45) is 5.92 Å². The first-order chi connectivity index (χ1) is 22.1. The maximum absolute atomic E-state index is 13.5. The van der Waals surface area contributed by atoms with Crippen molar-refractivity contribution < 1.29 is 29.0 Å². The van der Waals surface area contributed by atoms with Gasteiger partial charge in [0.05, 0.1) is 22.4 Å². The van der Waals surface area contributed by atoms with E-state index < -0.39 is 13.7 Å². The lowest BCUT2D eigenvalue weighted by Crippen LogP contribution is -2.28. The number of halogens is 1. The third-order valence-electron chi connectivity index (χ3n) is 8.63. The summed E-state index contributed by atoms with van der Waals surface area (Å²) in [7, 11) is -4.37. The number of nitrogens with zero attached hydrogens (tertiary/aromatic N) is 1. The number of aromatic hydroxyl groups is 1. The fraction of sp³-hybridized carbons (Fsp3) is 0.162. The monoisotopic (exact) mass is 653 g/mol. The average molecular weight is 654 g/mol. The molecule has 3 atom stereocenters. The highest BCUT2D eigenvalue weighted by Crippen LogP contribution is 2.48. The van der Waals surface area contributed by atoms with E-state index in [9.17, 15) is 29.0 Å². The second kappa shape index (κ2) is 13.3. The molecule has 6 rings (SSSR count). The highest BCUT2D eigenvalue weighted by molar-refractivity contribution is 7.80. The van der Waals surface area contributed by atoms with Gasteiger partial charge in [0.15, 0.2) is 0 Å². The Hall–Kier alpha value is -4.17. The zero-order valence-electron chi connectivity index (χ0n) is 24.8. The van der Waals surface area contributed by atoms with Crippen molar-refractivity contribution in [2.45, 2.75) is 31.4 Å². The molecule has 4 N–H and O–H groups in total. The normalized spacial score (nSPS) is 17.3. The van der Waals surface area contributed by atoms with Gasteiger partial charge < -0.3 is 24.9 Å². The van der Waals surface area contributed by atoms with Gasteiger partial charge in [-0.05, 0) is 89.0 Å². The van der Waals surface area contributed by atoms with Crippen LogP contribution in [0.15, 0.2) is 121 Å². The first-order valence-corrected chi connectivity index (χ1v) is 17.0. The molecule has 1 saturated heterocycles. The Morgan fingerprint density at radius 1 is 0.804 bits per heavy atom. The van der Waals surface area contributed by atoms with Crippen LogP contribution in [-0.2, 0) is 4.57 Å². The lowest BCUT2D eigenvalue weighted by Gasteiger charge is -2.31. The molecule has 0 spiro atoms. The minimum atomic E-state index is -4.37. The lowest BCUT2D eigenvalue weighted by molar-refractivity contribution is 0.155. The molecule has 234 valence electrons. The van der Waals surface area contributed by atoms with Gasteiger partial charge in [0.25, 0.3) is 0 Å². The largest absolute Gasteiger partial charge is 0.508 e. The predicted molar refractivity (Wildman–Crippen MR) is 184 cm³/mol. The van der Waals surface area contributed by atoms with Crippen molar-refractivity contribution >= 4 is 35.8 Å². The van der Waals surface area contributed by atoms with Crippen molar-refractivity contribution in [3.05, 3.63) is 138 Å². The fourth-order valence-corrected chi connectivity index (χ4v) is 7.22. The summed E-state index contributed by atoms with van der Waals surface area (Å²) in [5.74, 6) is -0.320. The minimum absolute atomic E-state index is 0.0318. The van der Waals surface area contributed by atoms with E-state index in [1.165, 1.54) is 24.3 Å². The van der Waals surface area contributed by atoms with Crippen LogP contribution in [0, 0.1) is 11.7 Å². The summed E-state index contributed by atoms with van der Waals surface area (Å²) < 4.78 is 25.1. The van der Waals surface area contributed by atoms with Crippen LogP contribution in [0.4, 0.5) is 10.1 Å². The molecule has 0 aliphatic carbocycles. The molecular weight excluding hydrogens is 620 g/mol. The van der Waals surface area contributed by atoms with Gasteiger partial charge in [-0.3, -0.25) is 4.57 Å². The van der Waals surface area contributed by atoms with Gasteiger partial charge in [-0.1, -0.05) is 91.1 Å². The van der Waals surface area contributed by atoms with Crippen LogP contribution in [0.2, 0.25) is 0 Å². The van der Waals surface area contributed by atoms with Crippen molar-refractivity contribution in [3.8, 4) is 28.0 Å². The second-order valence-corrected chi connectivity index (χ2v) is 13.7. The summed E-state index contributed by atoms with van der Waals surface area (Å²) in [4.78, 5) is 21.8. The molecule has 1 aliphatic rings. The van der Waals surface area contributed by atoms with Crippen LogP contribution < -0.4 is 10.2 Å². The van der Waals surface area contributed by atoms with E-state index in [4.69, 9.17) is 12.2 Å². The molecular formula is C37H33FNO5PS. The van der Waals surface area contributed by atoms with Gasteiger partial charge in [0.1, 0.15) is 11.6 Å². The molecule has 1 aliphatic heterocycles. The minimum Gasteiger partial charge on any atom is -0.508 e. The Kier molecular flexibility index (Phi) is 9.18. The molecule has 5 aromatic carbocycles. The van der Waals surface area contributed by atoms with E-state index in [-0.39, 0.29) is 28.8 Å². The Morgan fingerprint density at radius 2 is 1.39 bits per heavy atom. The van der Waals surface area contributed by atoms with E-state index in [2.05, 4.69) is 29.2 Å². The average Bonchev–Trinajstić information content (AvgIpc) is 3.39. The molecule has 0 aromatic heterocycles. The molecule has 9 heteroatoms. The molecule has 0 bridgehead atoms. The summed E-state index contributed by atoms with van der Waals surface area (Å²) in [6, 6.07) is 35.2. The second-order valence-electron chi connectivity index (χ2n) is 11.6. The van der Waals surface area contributed by atoms with Crippen LogP contribution in [0.3, 0.4) is 0 Å². The summed E-state index contributed by atoms with van der Waals surface area (Å²) in [6.45, 7) is 0. The van der Waals surface area contributed by atoms with E-state index in [1.54, 1.807) is 30.3 Å². The maximum Gasteiger partial charge on any atom is 0.356 e. The summed E-state index contributed by atoms with van der Waals surface area (Å²) in [5, 5.41) is 22.3. The van der Waals surface area contributed by atoms with Crippen LogP contribution in [-0.4, -0.2) is 25.0 Å². The lowest BCUT2D eigenvalue weighted by atomic mass is 9.86. The maximum atomic E-state index is 13.5. The van der Waals surface area contributed by atoms with Crippen LogP contribution >= 0.6 is 19.8 Å². The van der Waals surface area contributed by atoms with Gasteiger partial charge >= 0.3 is 7.60 Å². The summed E-state index contributed by atoms with van der Waals surface area (Å²) in [5.41, 5.74) is 5.79. The number of phenolic OH excluding ortho intramolecular Hbond substituents is 1. The van der Waals surface area contributed by atoms with E-state index >= 15 is 0 Å². The van der Waals surface area contributed by atoms with Crippen LogP contribution in [0.1, 0.15) is 42.5 Å². The number of hydrogen-bond donors (Lipinski definition) is 4. The summed E-state index contributed by atoms with van der Waals surface area (Å²) >= 11 is 5.95. The Bertz CT molecular complexity index is 1880. The Labute approximate surface area is 272 Å². The third-order valence-corrected chi connectivity index (χ3v) is 9.97. The van der Waals surface area contributed by atoms with Gasteiger partial charge in [-0.2, -0.15) is 0 Å². The molecule has 1 heterocycles. The molecule has 0 saturated carbocycles. The highest BCUT2D eigenvalue weighted by atomic mass is 32.1. The predicted octanol–water partition coefficient (Wildman–Crippen LogP) is 8.08. The number of thiocarbonyl (C=S) groups is 1. The molecule has 6 nitrogen and oxygen atoms in total.